The molecule has 0 aromatic carbocycles. The second kappa shape index (κ2) is 8.37. The molecule has 6 nitrogen and oxygen atoms in total. The summed E-state index contributed by atoms with van der Waals surface area (Å²) in [6.07, 6.45) is 3.38. The zero-order valence-electron chi connectivity index (χ0n) is 12.3. The van der Waals surface area contributed by atoms with Crippen LogP contribution in [-0.4, -0.2) is 42.1 Å². The smallest absolute Gasteiger partial charge is 0.250 e. The van der Waals surface area contributed by atoms with Gasteiger partial charge in [0.25, 0.3) is 5.56 Å². The Hall–Kier alpha value is -1.82. The number of aromatic nitrogens is 1. The number of hydrogen-bond donors (Lipinski definition) is 2. The van der Waals surface area contributed by atoms with Gasteiger partial charge in [-0.05, 0) is 26.0 Å². The highest BCUT2D eigenvalue weighted by atomic mass is 16.2. The first-order valence-corrected chi connectivity index (χ1v) is 6.94. The molecule has 0 bridgehead atoms. The van der Waals surface area contributed by atoms with Crippen LogP contribution < -0.4 is 16.6 Å². The summed E-state index contributed by atoms with van der Waals surface area (Å²) in [5, 5.41) is 2.84. The van der Waals surface area contributed by atoms with Crippen LogP contribution in [0.25, 0.3) is 0 Å². The number of nitrogens with zero attached hydrogens (tertiary/aromatic N) is 2. The summed E-state index contributed by atoms with van der Waals surface area (Å²) in [4.78, 5) is 25.0. The van der Waals surface area contributed by atoms with Crippen LogP contribution in [0.1, 0.15) is 19.8 Å². The number of nitrogens with one attached hydrogen (secondary N) is 1. The van der Waals surface area contributed by atoms with Crippen molar-refractivity contribution in [2.75, 3.05) is 32.4 Å². The second-order valence-corrected chi connectivity index (χ2v) is 4.94. The Bertz CT molecular complexity index is 484. The van der Waals surface area contributed by atoms with Crippen LogP contribution >= 0.6 is 0 Å². The molecule has 0 aliphatic heterocycles. The summed E-state index contributed by atoms with van der Waals surface area (Å²) in [7, 11) is 1.90. The van der Waals surface area contributed by atoms with Crippen molar-refractivity contribution >= 4 is 11.6 Å². The largest absolute Gasteiger partial charge is 0.398 e. The lowest BCUT2D eigenvalue weighted by Crippen LogP contribution is -2.36. The minimum absolute atomic E-state index is 0.0375. The lowest BCUT2D eigenvalue weighted by Gasteiger charge is -2.16. The number of anilines is 1. The summed E-state index contributed by atoms with van der Waals surface area (Å²) in [6, 6.07) is 3.07. The van der Waals surface area contributed by atoms with Gasteiger partial charge in [-0.25, -0.2) is 0 Å². The van der Waals surface area contributed by atoms with Crippen molar-refractivity contribution in [2.24, 2.45) is 0 Å². The highest BCUT2D eigenvalue weighted by molar-refractivity contribution is 5.77. The van der Waals surface area contributed by atoms with Crippen molar-refractivity contribution in [1.29, 1.82) is 0 Å². The molecule has 0 aliphatic carbocycles. The van der Waals surface area contributed by atoms with Crippen LogP contribution in [0.3, 0.4) is 0 Å². The molecule has 112 valence electrons. The summed E-state index contributed by atoms with van der Waals surface area (Å²) < 4.78 is 1.60. The van der Waals surface area contributed by atoms with E-state index in [9.17, 15) is 9.59 Å². The minimum Gasteiger partial charge on any atom is -0.398 e. The molecular formula is C14H24N4O2. The minimum atomic E-state index is -0.0532. The molecule has 0 atom stereocenters. The van der Waals surface area contributed by atoms with Crippen molar-refractivity contribution in [3.63, 3.8) is 0 Å². The number of rotatable bonds is 8. The average Bonchev–Trinajstić information content (AvgIpc) is 2.40. The van der Waals surface area contributed by atoms with Crippen molar-refractivity contribution in [3.05, 3.63) is 28.7 Å². The predicted octanol–water partition coefficient (Wildman–Crippen LogP) is 0.279. The fourth-order valence-electron chi connectivity index (χ4n) is 1.88. The van der Waals surface area contributed by atoms with E-state index in [2.05, 4.69) is 5.32 Å². The standard InChI is InChI=1S/C14H24N4O2/c1-3-7-16-13(19)11-17(2)8-4-9-18-10-12(15)5-6-14(18)20/h5-6,10H,3-4,7-9,11,15H2,1-2H3,(H,16,19). The van der Waals surface area contributed by atoms with Gasteiger partial charge in [-0.3, -0.25) is 14.5 Å². The normalized spacial score (nSPS) is 10.8. The van der Waals surface area contributed by atoms with E-state index in [1.807, 2.05) is 18.9 Å². The Labute approximate surface area is 119 Å². The van der Waals surface area contributed by atoms with Crippen LogP contribution in [0.4, 0.5) is 5.69 Å². The van der Waals surface area contributed by atoms with Crippen LogP contribution in [0.2, 0.25) is 0 Å². The van der Waals surface area contributed by atoms with Gasteiger partial charge in [0.2, 0.25) is 5.91 Å². The Balaban J connectivity index is 2.31. The van der Waals surface area contributed by atoms with Crippen LogP contribution in [0, 0.1) is 0 Å². The van der Waals surface area contributed by atoms with E-state index >= 15 is 0 Å². The number of amides is 1. The molecule has 1 aromatic heterocycles. The maximum atomic E-state index is 11.6. The number of carbonyl (C=O) groups excluding carboxylic acids is 1. The molecule has 3 N–H and O–H groups in total. The molecule has 1 rings (SSSR count). The maximum absolute atomic E-state index is 11.6. The topological polar surface area (TPSA) is 80.4 Å². The van der Waals surface area contributed by atoms with E-state index < -0.39 is 0 Å². The van der Waals surface area contributed by atoms with Gasteiger partial charge in [0, 0.05) is 37.6 Å². The molecule has 0 radical (unpaired) electrons. The molecule has 0 unspecified atom stereocenters. The Morgan fingerprint density at radius 1 is 1.45 bits per heavy atom. The van der Waals surface area contributed by atoms with Gasteiger partial charge in [-0.1, -0.05) is 6.92 Å². The van der Waals surface area contributed by atoms with E-state index in [1.165, 1.54) is 6.07 Å². The zero-order valence-corrected chi connectivity index (χ0v) is 12.3. The monoisotopic (exact) mass is 280 g/mol. The van der Waals surface area contributed by atoms with Gasteiger partial charge in [-0.15, -0.1) is 0 Å². The van der Waals surface area contributed by atoms with Gasteiger partial charge in [-0.2, -0.15) is 0 Å². The number of pyridine rings is 1. The van der Waals surface area contributed by atoms with Gasteiger partial charge in [0.1, 0.15) is 0 Å². The van der Waals surface area contributed by atoms with E-state index in [1.54, 1.807) is 16.8 Å². The number of likely N-dealkylation sites (N-methyl/N-ethyl adjacent to an activating group) is 1. The van der Waals surface area contributed by atoms with Crippen molar-refractivity contribution < 1.29 is 4.79 Å². The average molecular weight is 280 g/mol. The zero-order chi connectivity index (χ0) is 15.0. The number of hydrogen-bond acceptors (Lipinski definition) is 4. The SMILES string of the molecule is CCCNC(=O)CN(C)CCCn1cc(N)ccc1=O. The lowest BCUT2D eigenvalue weighted by molar-refractivity contribution is -0.121. The maximum Gasteiger partial charge on any atom is 0.250 e. The van der Waals surface area contributed by atoms with Gasteiger partial charge in [0.05, 0.1) is 6.54 Å². The summed E-state index contributed by atoms with van der Waals surface area (Å²) in [6.45, 7) is 4.47. The fourth-order valence-corrected chi connectivity index (χ4v) is 1.88. The highest BCUT2D eigenvalue weighted by Crippen LogP contribution is 1.97. The van der Waals surface area contributed by atoms with Crippen LogP contribution in [0.5, 0.6) is 0 Å². The van der Waals surface area contributed by atoms with Crippen molar-refractivity contribution in [2.45, 2.75) is 26.3 Å². The van der Waals surface area contributed by atoms with Gasteiger partial charge >= 0.3 is 0 Å². The van der Waals surface area contributed by atoms with Gasteiger partial charge in [0.15, 0.2) is 0 Å². The summed E-state index contributed by atoms with van der Waals surface area (Å²) in [5.74, 6) is 0.0375. The Morgan fingerprint density at radius 3 is 2.90 bits per heavy atom. The molecule has 0 saturated carbocycles. The molecule has 1 aromatic rings. The number of nitrogen functional groups attached to an aromatic ring is 1. The molecule has 6 heteroatoms. The molecule has 1 amide bonds. The Kier molecular flexibility index (Phi) is 6.79. The third-order valence-corrected chi connectivity index (χ3v) is 2.93. The van der Waals surface area contributed by atoms with E-state index in [0.717, 1.165) is 19.4 Å². The third kappa shape index (κ3) is 5.88. The molecule has 0 spiro atoms. The first kappa shape index (κ1) is 16.2. The fraction of sp³-hybridized carbons (Fsp3) is 0.571. The van der Waals surface area contributed by atoms with Gasteiger partial charge < -0.3 is 15.6 Å². The van der Waals surface area contributed by atoms with E-state index in [-0.39, 0.29) is 11.5 Å². The number of carbonyl (C=O) groups is 1. The molecule has 0 saturated heterocycles. The quantitative estimate of drug-likeness (QED) is 0.716. The Morgan fingerprint density at radius 2 is 2.20 bits per heavy atom. The lowest BCUT2D eigenvalue weighted by atomic mass is 10.3. The molecule has 0 fully saturated rings. The number of aryl methyl sites for hydroxylation is 1. The number of nitrogens with two attached hydrogens (primary N) is 1. The second-order valence-electron chi connectivity index (χ2n) is 4.94. The van der Waals surface area contributed by atoms with Crippen molar-refractivity contribution in [3.8, 4) is 0 Å². The van der Waals surface area contributed by atoms with Crippen LogP contribution in [0.15, 0.2) is 23.1 Å². The predicted molar refractivity (Wildman–Crippen MR) is 80.5 cm³/mol. The molecule has 20 heavy (non-hydrogen) atoms. The van der Waals surface area contributed by atoms with Crippen LogP contribution in [-0.2, 0) is 11.3 Å². The molecule has 0 aliphatic rings. The van der Waals surface area contributed by atoms with E-state index in [0.29, 0.717) is 25.3 Å². The highest BCUT2D eigenvalue weighted by Gasteiger charge is 2.05. The first-order chi connectivity index (χ1) is 9.52. The van der Waals surface area contributed by atoms with Crippen molar-refractivity contribution in [1.82, 2.24) is 14.8 Å². The first-order valence-electron chi connectivity index (χ1n) is 6.94. The molecular weight excluding hydrogens is 256 g/mol. The van der Waals surface area contributed by atoms with E-state index in [4.69, 9.17) is 5.73 Å². The molecule has 1 heterocycles. The summed E-state index contributed by atoms with van der Waals surface area (Å²) in [5.41, 5.74) is 6.18. The summed E-state index contributed by atoms with van der Waals surface area (Å²) >= 11 is 0. The third-order valence-electron chi connectivity index (χ3n) is 2.93.